The highest BCUT2D eigenvalue weighted by Crippen LogP contribution is 2.48. The summed E-state index contributed by atoms with van der Waals surface area (Å²) in [5.74, 6) is 0. The molecule has 0 aromatic carbocycles. The van der Waals surface area contributed by atoms with E-state index >= 15 is 0 Å². The van der Waals surface area contributed by atoms with Crippen LogP contribution in [0, 0.1) is 5.41 Å². The quantitative estimate of drug-likeness (QED) is 0.669. The first-order valence-corrected chi connectivity index (χ1v) is 5.95. The van der Waals surface area contributed by atoms with Crippen LogP contribution in [-0.4, -0.2) is 34.7 Å². The van der Waals surface area contributed by atoms with Crippen molar-refractivity contribution < 1.29 is 5.11 Å². The second-order valence-corrected chi connectivity index (χ2v) is 6.43. The standard InChI is InChI=1S/C13H23NO/c1-10-5-6-14-8-11(15)7-13(10,14)9-12(2,3)4/h11,15H,1,5-9H2,2-4H3/t11-,13?/m0/s1. The van der Waals surface area contributed by atoms with Crippen molar-refractivity contribution >= 4 is 0 Å². The molecule has 2 atom stereocenters. The number of rotatable bonds is 1. The Morgan fingerprint density at radius 3 is 2.80 bits per heavy atom. The molecule has 0 aliphatic carbocycles. The van der Waals surface area contributed by atoms with Crippen molar-refractivity contribution in [3.63, 3.8) is 0 Å². The minimum absolute atomic E-state index is 0.109. The van der Waals surface area contributed by atoms with Gasteiger partial charge in [0.2, 0.25) is 0 Å². The molecule has 2 aliphatic rings. The van der Waals surface area contributed by atoms with Crippen LogP contribution in [0.2, 0.25) is 0 Å². The Hall–Kier alpha value is -0.340. The van der Waals surface area contributed by atoms with Gasteiger partial charge in [-0.1, -0.05) is 32.9 Å². The largest absolute Gasteiger partial charge is 0.392 e. The van der Waals surface area contributed by atoms with Crippen molar-refractivity contribution in [2.24, 2.45) is 5.41 Å². The summed E-state index contributed by atoms with van der Waals surface area (Å²) in [7, 11) is 0. The summed E-state index contributed by atoms with van der Waals surface area (Å²) < 4.78 is 0. The minimum atomic E-state index is -0.149. The third kappa shape index (κ3) is 1.85. The van der Waals surface area contributed by atoms with Crippen LogP contribution < -0.4 is 0 Å². The molecule has 2 saturated heterocycles. The van der Waals surface area contributed by atoms with E-state index in [1.165, 1.54) is 5.57 Å². The molecule has 2 rings (SSSR count). The first kappa shape index (κ1) is 11.2. The highest BCUT2D eigenvalue weighted by Gasteiger charge is 2.51. The molecular formula is C13H23NO. The fraction of sp³-hybridized carbons (Fsp3) is 0.846. The van der Waals surface area contributed by atoms with Crippen LogP contribution in [0.1, 0.15) is 40.0 Å². The summed E-state index contributed by atoms with van der Waals surface area (Å²) in [4.78, 5) is 2.45. The van der Waals surface area contributed by atoms with Crippen LogP contribution in [-0.2, 0) is 0 Å². The number of aliphatic hydroxyl groups excluding tert-OH is 1. The molecule has 15 heavy (non-hydrogen) atoms. The van der Waals surface area contributed by atoms with Gasteiger partial charge in [0, 0.05) is 18.6 Å². The lowest BCUT2D eigenvalue weighted by molar-refractivity contribution is 0.155. The van der Waals surface area contributed by atoms with Gasteiger partial charge in [0.25, 0.3) is 0 Å². The molecule has 0 radical (unpaired) electrons. The van der Waals surface area contributed by atoms with E-state index in [0.717, 1.165) is 32.4 Å². The predicted molar refractivity (Wildman–Crippen MR) is 62.8 cm³/mol. The minimum Gasteiger partial charge on any atom is -0.392 e. The van der Waals surface area contributed by atoms with Gasteiger partial charge in [0.1, 0.15) is 0 Å². The fourth-order valence-corrected chi connectivity index (χ4v) is 3.37. The maximum atomic E-state index is 9.83. The highest BCUT2D eigenvalue weighted by molar-refractivity contribution is 5.27. The van der Waals surface area contributed by atoms with E-state index < -0.39 is 0 Å². The van der Waals surface area contributed by atoms with Crippen molar-refractivity contribution in [1.29, 1.82) is 0 Å². The van der Waals surface area contributed by atoms with Crippen LogP contribution >= 0.6 is 0 Å². The highest BCUT2D eigenvalue weighted by atomic mass is 16.3. The van der Waals surface area contributed by atoms with Crippen LogP contribution in [0.3, 0.4) is 0 Å². The zero-order valence-electron chi connectivity index (χ0n) is 10.2. The molecule has 1 unspecified atom stereocenters. The lowest BCUT2D eigenvalue weighted by Gasteiger charge is -2.38. The Labute approximate surface area is 93.0 Å². The van der Waals surface area contributed by atoms with Crippen LogP contribution in [0.15, 0.2) is 12.2 Å². The van der Waals surface area contributed by atoms with Gasteiger partial charge in [0.15, 0.2) is 0 Å². The molecule has 1 N–H and O–H groups in total. The van der Waals surface area contributed by atoms with Gasteiger partial charge >= 0.3 is 0 Å². The summed E-state index contributed by atoms with van der Waals surface area (Å²) in [5, 5.41) is 9.83. The van der Waals surface area contributed by atoms with Crippen LogP contribution in [0.25, 0.3) is 0 Å². The number of hydrogen-bond acceptors (Lipinski definition) is 2. The summed E-state index contributed by atoms with van der Waals surface area (Å²) in [6.45, 7) is 13.0. The molecular weight excluding hydrogens is 186 g/mol. The van der Waals surface area contributed by atoms with Gasteiger partial charge in [-0.15, -0.1) is 0 Å². The zero-order valence-corrected chi connectivity index (χ0v) is 10.2. The molecule has 2 aliphatic heterocycles. The SMILES string of the molecule is C=C1CCN2C[C@@H](O)CC12CC(C)(C)C. The summed E-state index contributed by atoms with van der Waals surface area (Å²) in [6, 6.07) is 0. The zero-order chi connectivity index (χ0) is 11.3. The molecule has 0 saturated carbocycles. The lowest BCUT2D eigenvalue weighted by atomic mass is 9.75. The fourth-order valence-electron chi connectivity index (χ4n) is 3.37. The normalized spacial score (nSPS) is 37.3. The Bertz CT molecular complexity index is 279. The molecule has 2 heteroatoms. The number of nitrogens with zero attached hydrogens (tertiary/aromatic N) is 1. The van der Waals surface area contributed by atoms with E-state index in [2.05, 4.69) is 32.3 Å². The number of hydrogen-bond donors (Lipinski definition) is 1. The van der Waals surface area contributed by atoms with Crippen molar-refractivity contribution in [3.8, 4) is 0 Å². The van der Waals surface area contributed by atoms with Gasteiger partial charge in [0.05, 0.1) is 6.10 Å². The smallest absolute Gasteiger partial charge is 0.0688 e. The van der Waals surface area contributed by atoms with E-state index in [1.54, 1.807) is 0 Å². The Morgan fingerprint density at radius 1 is 1.53 bits per heavy atom. The second kappa shape index (κ2) is 3.33. The van der Waals surface area contributed by atoms with E-state index in [0.29, 0.717) is 5.41 Å². The van der Waals surface area contributed by atoms with Crippen molar-refractivity contribution in [3.05, 3.63) is 12.2 Å². The Balaban J connectivity index is 2.25. The number of β-amino-alcohol motifs (C(OH)–C–C–N with tert-alkyl or cyclic N) is 1. The summed E-state index contributed by atoms with van der Waals surface area (Å²) in [5.41, 5.74) is 1.75. The van der Waals surface area contributed by atoms with Gasteiger partial charge in [-0.3, -0.25) is 4.90 Å². The first-order valence-electron chi connectivity index (χ1n) is 5.95. The maximum Gasteiger partial charge on any atom is 0.0688 e. The van der Waals surface area contributed by atoms with Crippen LogP contribution in [0.4, 0.5) is 0 Å². The molecule has 0 aromatic heterocycles. The molecule has 0 bridgehead atoms. The molecule has 2 nitrogen and oxygen atoms in total. The predicted octanol–water partition coefficient (Wildman–Crippen LogP) is 2.19. The third-order valence-corrected chi connectivity index (χ3v) is 3.77. The van der Waals surface area contributed by atoms with Gasteiger partial charge < -0.3 is 5.11 Å². The monoisotopic (exact) mass is 209 g/mol. The van der Waals surface area contributed by atoms with Gasteiger partial charge in [-0.2, -0.15) is 0 Å². The van der Waals surface area contributed by atoms with Crippen LogP contribution in [0.5, 0.6) is 0 Å². The molecule has 0 amide bonds. The average Bonchev–Trinajstić information content (AvgIpc) is 2.47. The molecule has 2 heterocycles. The Morgan fingerprint density at radius 2 is 2.20 bits per heavy atom. The third-order valence-electron chi connectivity index (χ3n) is 3.77. The summed E-state index contributed by atoms with van der Waals surface area (Å²) in [6.07, 6.45) is 2.98. The maximum absolute atomic E-state index is 9.83. The average molecular weight is 209 g/mol. The van der Waals surface area contributed by atoms with Gasteiger partial charge in [-0.25, -0.2) is 0 Å². The van der Waals surface area contributed by atoms with Gasteiger partial charge in [-0.05, 0) is 24.7 Å². The molecule has 0 spiro atoms. The van der Waals surface area contributed by atoms with Crippen molar-refractivity contribution in [2.75, 3.05) is 13.1 Å². The Kier molecular flexibility index (Phi) is 2.47. The molecule has 0 aromatic rings. The van der Waals surface area contributed by atoms with Crippen molar-refractivity contribution in [1.82, 2.24) is 4.90 Å². The number of aliphatic hydroxyl groups is 1. The van der Waals surface area contributed by atoms with Crippen molar-refractivity contribution in [2.45, 2.75) is 51.7 Å². The second-order valence-electron chi connectivity index (χ2n) is 6.43. The van der Waals surface area contributed by atoms with E-state index in [9.17, 15) is 5.11 Å². The van der Waals surface area contributed by atoms with E-state index in [1.807, 2.05) is 0 Å². The first-order chi connectivity index (χ1) is 6.83. The van der Waals surface area contributed by atoms with E-state index in [-0.39, 0.29) is 11.6 Å². The lowest BCUT2D eigenvalue weighted by Crippen LogP contribution is -2.42. The summed E-state index contributed by atoms with van der Waals surface area (Å²) >= 11 is 0. The number of fused-ring (bicyclic) bond motifs is 1. The molecule has 86 valence electrons. The molecule has 2 fully saturated rings. The topological polar surface area (TPSA) is 23.5 Å². The van der Waals surface area contributed by atoms with E-state index in [4.69, 9.17) is 0 Å².